The topological polar surface area (TPSA) is 21.3 Å². The predicted octanol–water partition coefficient (Wildman–Crippen LogP) is 1.89. The van der Waals surface area contributed by atoms with E-state index in [4.69, 9.17) is 4.74 Å². The van der Waals surface area contributed by atoms with E-state index in [1.807, 2.05) is 0 Å². The molecule has 0 amide bonds. The van der Waals surface area contributed by atoms with Crippen molar-refractivity contribution in [2.45, 2.75) is 0 Å². The molecule has 14 heavy (non-hydrogen) atoms. The summed E-state index contributed by atoms with van der Waals surface area (Å²) in [5.41, 5.74) is 0.859. The zero-order valence-corrected chi connectivity index (χ0v) is 8.01. The van der Waals surface area contributed by atoms with Crippen molar-refractivity contribution >= 4 is 5.69 Å². The largest absolute Gasteiger partial charge is 0.374 e. The lowest BCUT2D eigenvalue weighted by molar-refractivity contribution is 0.239. The Morgan fingerprint density at radius 3 is 2.64 bits per heavy atom. The third-order valence-corrected chi connectivity index (χ3v) is 1.57. The Kier molecular flexibility index (Phi) is 4.53. The Bertz CT molecular complexity index is 323. The first-order valence-electron chi connectivity index (χ1n) is 4.27. The zero-order chi connectivity index (χ0) is 10.2. The van der Waals surface area contributed by atoms with E-state index in [9.17, 15) is 4.39 Å². The van der Waals surface area contributed by atoms with Crippen molar-refractivity contribution in [3.8, 4) is 11.8 Å². The molecule has 0 heterocycles. The summed E-state index contributed by atoms with van der Waals surface area (Å²) in [7, 11) is 1.60. The highest BCUT2D eigenvalue weighted by Gasteiger charge is 1.89. The molecule has 0 radical (unpaired) electrons. The van der Waals surface area contributed by atoms with Gasteiger partial charge in [-0.2, -0.15) is 0 Å². The first-order chi connectivity index (χ1) is 6.83. The average molecular weight is 193 g/mol. The summed E-state index contributed by atoms with van der Waals surface area (Å²) in [6.07, 6.45) is 0. The van der Waals surface area contributed by atoms with Gasteiger partial charge in [-0.05, 0) is 24.3 Å². The van der Waals surface area contributed by atoms with Gasteiger partial charge in [-0.1, -0.05) is 11.8 Å². The molecule has 0 fully saturated rings. The molecule has 0 aromatic heterocycles. The van der Waals surface area contributed by atoms with E-state index >= 15 is 0 Å². The first-order valence-corrected chi connectivity index (χ1v) is 4.27. The van der Waals surface area contributed by atoms with Gasteiger partial charge < -0.3 is 10.1 Å². The average Bonchev–Trinajstić information content (AvgIpc) is 2.21. The van der Waals surface area contributed by atoms with Crippen molar-refractivity contribution < 1.29 is 9.13 Å². The number of hydrogen-bond acceptors (Lipinski definition) is 2. The number of methoxy groups -OCH3 is 1. The highest BCUT2D eigenvalue weighted by Crippen LogP contribution is 2.06. The minimum atomic E-state index is -0.235. The van der Waals surface area contributed by atoms with Crippen LogP contribution in [0.3, 0.4) is 0 Å². The SMILES string of the molecule is COCC#CCNc1ccc(F)cc1. The van der Waals surface area contributed by atoms with E-state index in [1.54, 1.807) is 19.2 Å². The molecule has 74 valence electrons. The van der Waals surface area contributed by atoms with E-state index in [0.717, 1.165) is 5.69 Å². The molecule has 0 spiro atoms. The maximum Gasteiger partial charge on any atom is 0.123 e. The van der Waals surface area contributed by atoms with Gasteiger partial charge >= 0.3 is 0 Å². The quantitative estimate of drug-likeness (QED) is 0.740. The van der Waals surface area contributed by atoms with Crippen molar-refractivity contribution in [1.82, 2.24) is 0 Å². The van der Waals surface area contributed by atoms with Crippen LogP contribution in [0.15, 0.2) is 24.3 Å². The molecule has 0 saturated carbocycles. The summed E-state index contributed by atoms with van der Waals surface area (Å²) < 4.78 is 17.3. The summed E-state index contributed by atoms with van der Waals surface area (Å²) in [6.45, 7) is 0.972. The van der Waals surface area contributed by atoms with Crippen molar-refractivity contribution in [3.05, 3.63) is 30.1 Å². The number of nitrogens with one attached hydrogen (secondary N) is 1. The summed E-state index contributed by atoms with van der Waals surface area (Å²) >= 11 is 0. The van der Waals surface area contributed by atoms with Gasteiger partial charge in [0.25, 0.3) is 0 Å². The van der Waals surface area contributed by atoms with Crippen LogP contribution in [0.1, 0.15) is 0 Å². The van der Waals surface area contributed by atoms with Crippen LogP contribution >= 0.6 is 0 Å². The number of benzene rings is 1. The van der Waals surface area contributed by atoms with Gasteiger partial charge in [-0.25, -0.2) is 4.39 Å². The third-order valence-electron chi connectivity index (χ3n) is 1.57. The molecule has 2 nitrogen and oxygen atoms in total. The molecule has 0 aliphatic heterocycles. The molecule has 1 aromatic carbocycles. The summed E-state index contributed by atoms with van der Waals surface area (Å²) in [5, 5.41) is 3.03. The standard InChI is InChI=1S/C11H12FNO/c1-14-9-3-2-8-13-11-6-4-10(12)5-7-11/h4-7,13H,8-9H2,1H3. The molecule has 0 atom stereocenters. The Labute approximate surface area is 83.1 Å². The Hall–Kier alpha value is -1.53. The van der Waals surface area contributed by atoms with E-state index in [1.165, 1.54) is 12.1 Å². The fraction of sp³-hybridized carbons (Fsp3) is 0.273. The Balaban J connectivity index is 2.32. The number of halogens is 1. The molecule has 1 N–H and O–H groups in total. The number of anilines is 1. The summed E-state index contributed by atoms with van der Waals surface area (Å²) in [4.78, 5) is 0. The third kappa shape index (κ3) is 3.92. The van der Waals surface area contributed by atoms with Gasteiger partial charge in [0.15, 0.2) is 0 Å². The second-order valence-electron chi connectivity index (χ2n) is 2.65. The maximum absolute atomic E-state index is 12.5. The van der Waals surface area contributed by atoms with Crippen LogP contribution < -0.4 is 5.32 Å². The smallest absolute Gasteiger partial charge is 0.123 e. The fourth-order valence-electron chi connectivity index (χ4n) is 0.900. The maximum atomic E-state index is 12.5. The molecule has 0 aliphatic rings. The van der Waals surface area contributed by atoms with E-state index in [0.29, 0.717) is 13.2 Å². The minimum Gasteiger partial charge on any atom is -0.374 e. The minimum absolute atomic E-state index is 0.235. The van der Waals surface area contributed by atoms with Gasteiger partial charge in [-0.3, -0.25) is 0 Å². The lowest BCUT2D eigenvalue weighted by atomic mass is 10.3. The van der Waals surface area contributed by atoms with E-state index in [2.05, 4.69) is 17.2 Å². The lowest BCUT2D eigenvalue weighted by Crippen LogP contribution is -1.98. The van der Waals surface area contributed by atoms with Gasteiger partial charge in [0.2, 0.25) is 0 Å². The van der Waals surface area contributed by atoms with E-state index in [-0.39, 0.29) is 5.82 Å². The van der Waals surface area contributed by atoms with Gasteiger partial charge in [0, 0.05) is 12.8 Å². The van der Waals surface area contributed by atoms with E-state index < -0.39 is 0 Å². The lowest BCUT2D eigenvalue weighted by Gasteiger charge is -2.00. The molecule has 0 bridgehead atoms. The van der Waals surface area contributed by atoms with Crippen LogP contribution in [0.25, 0.3) is 0 Å². The van der Waals surface area contributed by atoms with Crippen LogP contribution in [0.5, 0.6) is 0 Å². The normalized spacial score (nSPS) is 9.00. The summed E-state index contributed by atoms with van der Waals surface area (Å²) in [6, 6.07) is 6.16. The van der Waals surface area contributed by atoms with Crippen LogP contribution in [0.4, 0.5) is 10.1 Å². The van der Waals surface area contributed by atoms with Crippen LogP contribution in [0, 0.1) is 17.7 Å². The highest BCUT2D eigenvalue weighted by molar-refractivity contribution is 5.43. The molecular formula is C11H12FNO. The fourth-order valence-corrected chi connectivity index (χ4v) is 0.900. The van der Waals surface area contributed by atoms with Crippen LogP contribution in [-0.4, -0.2) is 20.3 Å². The predicted molar refractivity (Wildman–Crippen MR) is 54.5 cm³/mol. The number of rotatable bonds is 3. The summed E-state index contributed by atoms with van der Waals surface area (Å²) in [5.74, 6) is 5.44. The molecular weight excluding hydrogens is 181 g/mol. The molecule has 1 aromatic rings. The van der Waals surface area contributed by atoms with Crippen LogP contribution in [0.2, 0.25) is 0 Å². The zero-order valence-electron chi connectivity index (χ0n) is 8.01. The second-order valence-corrected chi connectivity index (χ2v) is 2.65. The van der Waals surface area contributed by atoms with Crippen molar-refractivity contribution in [1.29, 1.82) is 0 Å². The van der Waals surface area contributed by atoms with Crippen LogP contribution in [-0.2, 0) is 4.74 Å². The molecule has 0 unspecified atom stereocenters. The number of ether oxygens (including phenoxy) is 1. The molecule has 1 rings (SSSR count). The Morgan fingerprint density at radius 2 is 2.00 bits per heavy atom. The van der Waals surface area contributed by atoms with Gasteiger partial charge in [0.05, 0.1) is 6.54 Å². The van der Waals surface area contributed by atoms with Crippen molar-refractivity contribution in [2.24, 2.45) is 0 Å². The first kappa shape index (κ1) is 10.6. The van der Waals surface area contributed by atoms with Crippen molar-refractivity contribution in [3.63, 3.8) is 0 Å². The molecule has 0 aliphatic carbocycles. The molecule has 3 heteroatoms. The highest BCUT2D eigenvalue weighted by atomic mass is 19.1. The molecule has 0 saturated heterocycles. The van der Waals surface area contributed by atoms with Gasteiger partial charge in [-0.15, -0.1) is 0 Å². The van der Waals surface area contributed by atoms with Gasteiger partial charge in [0.1, 0.15) is 12.4 Å². The second kappa shape index (κ2) is 6.01. The Morgan fingerprint density at radius 1 is 1.29 bits per heavy atom. The number of hydrogen-bond donors (Lipinski definition) is 1. The monoisotopic (exact) mass is 193 g/mol. The van der Waals surface area contributed by atoms with Crippen molar-refractivity contribution in [2.75, 3.05) is 25.6 Å².